The lowest BCUT2D eigenvalue weighted by Gasteiger charge is -1.93. The van der Waals surface area contributed by atoms with Crippen LogP contribution in [0.1, 0.15) is 15.4 Å². The lowest BCUT2D eigenvalue weighted by molar-refractivity contribution is 0.111. The van der Waals surface area contributed by atoms with Gasteiger partial charge in [0.1, 0.15) is 16.5 Å². The number of halogens is 1. The molecular weight excluding hydrogens is 215 g/mol. The van der Waals surface area contributed by atoms with E-state index in [4.69, 9.17) is 0 Å². The number of pyridine rings is 1. The van der Waals surface area contributed by atoms with Crippen LogP contribution in [-0.4, -0.2) is 16.3 Å². The zero-order valence-corrected chi connectivity index (χ0v) is 8.71. The monoisotopic (exact) mass is 222 g/mol. The minimum Gasteiger partial charge on any atom is -0.296 e. The molecule has 0 atom stereocenters. The minimum atomic E-state index is -0.386. The van der Waals surface area contributed by atoms with Crippen LogP contribution in [0, 0.1) is 12.7 Å². The van der Waals surface area contributed by atoms with Crippen molar-refractivity contribution >= 4 is 17.6 Å². The van der Waals surface area contributed by atoms with E-state index < -0.39 is 0 Å². The Balaban J connectivity index is 2.45. The quantitative estimate of drug-likeness (QED) is 0.733. The number of nitrogens with zero attached hydrogens (tertiary/aromatic N) is 2. The van der Waals surface area contributed by atoms with Gasteiger partial charge in [-0.05, 0) is 19.1 Å². The standard InChI is InChI=1S/C10H7FN2OS/c1-6-9(5-14)13-10(15-6)8-3-2-7(11)4-12-8/h2-5H,1H3. The highest BCUT2D eigenvalue weighted by molar-refractivity contribution is 7.15. The number of aromatic nitrogens is 2. The molecule has 2 heterocycles. The fraction of sp³-hybridized carbons (Fsp3) is 0.100. The number of hydrogen-bond acceptors (Lipinski definition) is 4. The molecule has 0 N–H and O–H groups in total. The zero-order chi connectivity index (χ0) is 10.8. The summed E-state index contributed by atoms with van der Waals surface area (Å²) in [4.78, 5) is 19.4. The van der Waals surface area contributed by atoms with Crippen molar-refractivity contribution in [3.05, 3.63) is 34.7 Å². The maximum absolute atomic E-state index is 12.6. The molecule has 0 bridgehead atoms. The van der Waals surface area contributed by atoms with Gasteiger partial charge in [0.15, 0.2) is 6.29 Å². The van der Waals surface area contributed by atoms with E-state index in [-0.39, 0.29) is 5.82 Å². The summed E-state index contributed by atoms with van der Waals surface area (Å²) in [6, 6.07) is 2.86. The van der Waals surface area contributed by atoms with Crippen molar-refractivity contribution in [1.29, 1.82) is 0 Å². The Morgan fingerprint density at radius 2 is 2.27 bits per heavy atom. The van der Waals surface area contributed by atoms with Crippen molar-refractivity contribution in [1.82, 2.24) is 9.97 Å². The molecule has 2 rings (SSSR count). The largest absolute Gasteiger partial charge is 0.296 e. The van der Waals surface area contributed by atoms with Crippen molar-refractivity contribution in [2.45, 2.75) is 6.92 Å². The van der Waals surface area contributed by atoms with Crippen molar-refractivity contribution in [3.63, 3.8) is 0 Å². The molecule has 0 aliphatic heterocycles. The zero-order valence-electron chi connectivity index (χ0n) is 7.90. The third kappa shape index (κ3) is 1.92. The molecule has 76 valence electrons. The molecule has 15 heavy (non-hydrogen) atoms. The van der Waals surface area contributed by atoms with Crippen LogP contribution in [0.5, 0.6) is 0 Å². The van der Waals surface area contributed by atoms with Gasteiger partial charge in [-0.25, -0.2) is 9.37 Å². The Labute approximate surface area is 89.6 Å². The molecule has 2 aromatic rings. The van der Waals surface area contributed by atoms with E-state index in [0.29, 0.717) is 22.7 Å². The predicted octanol–water partition coefficient (Wildman–Crippen LogP) is 2.47. The number of aldehydes is 1. The lowest BCUT2D eigenvalue weighted by Crippen LogP contribution is -1.85. The van der Waals surface area contributed by atoms with Gasteiger partial charge in [0, 0.05) is 4.88 Å². The second-order valence-corrected chi connectivity index (χ2v) is 4.14. The van der Waals surface area contributed by atoms with Gasteiger partial charge >= 0.3 is 0 Å². The van der Waals surface area contributed by atoms with Crippen LogP contribution < -0.4 is 0 Å². The SMILES string of the molecule is Cc1sc(-c2ccc(F)cn2)nc1C=O. The summed E-state index contributed by atoms with van der Waals surface area (Å²) in [6.45, 7) is 1.81. The minimum absolute atomic E-state index is 0.386. The molecule has 0 spiro atoms. The normalized spacial score (nSPS) is 10.3. The van der Waals surface area contributed by atoms with E-state index in [2.05, 4.69) is 9.97 Å². The van der Waals surface area contributed by atoms with Gasteiger partial charge in [0.25, 0.3) is 0 Å². The van der Waals surface area contributed by atoms with Gasteiger partial charge in [-0.1, -0.05) is 0 Å². The first-order chi connectivity index (χ1) is 7.20. The molecule has 5 heteroatoms. The van der Waals surface area contributed by atoms with E-state index in [1.54, 1.807) is 6.07 Å². The average molecular weight is 222 g/mol. The molecule has 0 saturated carbocycles. The highest BCUT2D eigenvalue weighted by atomic mass is 32.1. The number of hydrogen-bond donors (Lipinski definition) is 0. The van der Waals surface area contributed by atoms with Crippen LogP contribution in [0.4, 0.5) is 4.39 Å². The summed E-state index contributed by atoms with van der Waals surface area (Å²) < 4.78 is 12.6. The Bertz CT molecular complexity index is 493. The van der Waals surface area contributed by atoms with Gasteiger partial charge in [-0.2, -0.15) is 0 Å². The van der Waals surface area contributed by atoms with Crippen LogP contribution >= 0.6 is 11.3 Å². The Kier molecular flexibility index (Phi) is 2.55. The van der Waals surface area contributed by atoms with Crippen LogP contribution in [-0.2, 0) is 0 Å². The third-order valence-electron chi connectivity index (χ3n) is 1.89. The van der Waals surface area contributed by atoms with E-state index in [9.17, 15) is 9.18 Å². The van der Waals surface area contributed by atoms with Crippen LogP contribution in [0.25, 0.3) is 10.7 Å². The average Bonchev–Trinajstić information content (AvgIpc) is 2.61. The van der Waals surface area contributed by atoms with Crippen LogP contribution in [0.3, 0.4) is 0 Å². The van der Waals surface area contributed by atoms with Crippen molar-refractivity contribution in [2.24, 2.45) is 0 Å². The fourth-order valence-electron chi connectivity index (χ4n) is 1.13. The number of carbonyl (C=O) groups is 1. The summed E-state index contributed by atoms with van der Waals surface area (Å²) in [5.74, 6) is -0.386. The highest BCUT2D eigenvalue weighted by Crippen LogP contribution is 2.25. The second-order valence-electron chi connectivity index (χ2n) is 2.94. The van der Waals surface area contributed by atoms with Crippen LogP contribution in [0.2, 0.25) is 0 Å². The number of rotatable bonds is 2. The van der Waals surface area contributed by atoms with Gasteiger partial charge in [-0.3, -0.25) is 9.78 Å². The summed E-state index contributed by atoms with van der Waals surface area (Å²) in [5, 5.41) is 0.634. The molecule has 0 fully saturated rings. The second kappa shape index (κ2) is 3.86. The maximum Gasteiger partial charge on any atom is 0.169 e. The van der Waals surface area contributed by atoms with Gasteiger partial charge in [0.05, 0.1) is 11.9 Å². The Morgan fingerprint density at radius 1 is 1.47 bits per heavy atom. The maximum atomic E-state index is 12.6. The molecule has 0 saturated heterocycles. The number of aryl methyl sites for hydroxylation is 1. The van der Waals surface area contributed by atoms with Gasteiger partial charge < -0.3 is 0 Å². The van der Waals surface area contributed by atoms with E-state index in [1.165, 1.54) is 17.4 Å². The molecule has 0 amide bonds. The first-order valence-corrected chi connectivity index (χ1v) is 5.07. The van der Waals surface area contributed by atoms with E-state index >= 15 is 0 Å². The van der Waals surface area contributed by atoms with Crippen LogP contribution in [0.15, 0.2) is 18.3 Å². The first-order valence-electron chi connectivity index (χ1n) is 4.25. The summed E-state index contributed by atoms with van der Waals surface area (Å²) >= 11 is 1.37. The van der Waals surface area contributed by atoms with E-state index in [0.717, 1.165) is 11.1 Å². The lowest BCUT2D eigenvalue weighted by atomic mass is 10.3. The van der Waals surface area contributed by atoms with Crippen molar-refractivity contribution < 1.29 is 9.18 Å². The third-order valence-corrected chi connectivity index (χ3v) is 2.90. The Morgan fingerprint density at radius 3 is 2.80 bits per heavy atom. The predicted molar refractivity (Wildman–Crippen MR) is 55.4 cm³/mol. The topological polar surface area (TPSA) is 42.9 Å². The molecule has 2 aromatic heterocycles. The molecule has 0 radical (unpaired) electrons. The van der Waals surface area contributed by atoms with Crippen molar-refractivity contribution in [3.8, 4) is 10.7 Å². The summed E-state index contributed by atoms with van der Waals surface area (Å²) in [5.41, 5.74) is 0.999. The number of thiazole rings is 1. The fourth-order valence-corrected chi connectivity index (χ4v) is 1.99. The molecule has 3 nitrogen and oxygen atoms in total. The highest BCUT2D eigenvalue weighted by Gasteiger charge is 2.09. The van der Waals surface area contributed by atoms with Gasteiger partial charge in [0.2, 0.25) is 0 Å². The molecule has 0 aromatic carbocycles. The smallest absolute Gasteiger partial charge is 0.169 e. The molecule has 0 aliphatic rings. The van der Waals surface area contributed by atoms with Crippen molar-refractivity contribution in [2.75, 3.05) is 0 Å². The summed E-state index contributed by atoms with van der Waals surface area (Å²) in [6.07, 6.45) is 1.84. The summed E-state index contributed by atoms with van der Waals surface area (Å²) in [7, 11) is 0. The first kappa shape index (κ1) is 9.92. The Hall–Kier alpha value is -1.62. The molecular formula is C10H7FN2OS. The number of carbonyl (C=O) groups excluding carboxylic acids is 1. The molecule has 0 unspecified atom stereocenters. The van der Waals surface area contributed by atoms with E-state index in [1.807, 2.05) is 6.92 Å². The molecule has 0 aliphatic carbocycles. The van der Waals surface area contributed by atoms with Gasteiger partial charge in [-0.15, -0.1) is 11.3 Å².